The number of likely N-dealkylation sites (tertiary alicyclic amines) is 1. The molecule has 1 saturated carbocycles. The van der Waals surface area contributed by atoms with Gasteiger partial charge in [-0.1, -0.05) is 20.3 Å². The van der Waals surface area contributed by atoms with Crippen LogP contribution in [0.4, 0.5) is 0 Å². The fourth-order valence-corrected chi connectivity index (χ4v) is 3.23. The van der Waals surface area contributed by atoms with Crippen molar-refractivity contribution in [2.24, 2.45) is 11.8 Å². The smallest absolute Gasteiger partial charge is 0.0223 e. The maximum Gasteiger partial charge on any atom is 0.0223 e. The molecule has 0 aromatic heterocycles. The molecule has 0 spiro atoms. The van der Waals surface area contributed by atoms with Crippen molar-refractivity contribution >= 4 is 0 Å². The number of hydrogen-bond acceptors (Lipinski definition) is 2. The minimum absolute atomic E-state index is 0.776. The van der Waals surface area contributed by atoms with Crippen LogP contribution in [0.2, 0.25) is 0 Å². The van der Waals surface area contributed by atoms with Gasteiger partial charge in [0.25, 0.3) is 0 Å². The van der Waals surface area contributed by atoms with Crippen LogP contribution in [0.15, 0.2) is 0 Å². The van der Waals surface area contributed by atoms with E-state index in [0.29, 0.717) is 0 Å². The highest BCUT2D eigenvalue weighted by Crippen LogP contribution is 2.33. The largest absolute Gasteiger partial charge is 0.313 e. The van der Waals surface area contributed by atoms with E-state index in [1.54, 1.807) is 0 Å². The van der Waals surface area contributed by atoms with Crippen LogP contribution < -0.4 is 5.32 Å². The maximum atomic E-state index is 3.70. The summed E-state index contributed by atoms with van der Waals surface area (Å²) in [5.41, 5.74) is 0. The summed E-state index contributed by atoms with van der Waals surface area (Å²) in [7, 11) is 0. The van der Waals surface area contributed by atoms with E-state index in [4.69, 9.17) is 0 Å². The maximum absolute atomic E-state index is 3.70. The average molecular weight is 238 g/mol. The van der Waals surface area contributed by atoms with Crippen molar-refractivity contribution in [2.45, 2.75) is 58.4 Å². The molecule has 2 aliphatic rings. The fraction of sp³-hybridized carbons (Fsp3) is 1.00. The average Bonchev–Trinajstić information content (AvgIpc) is 3.16. The normalized spacial score (nSPS) is 28.9. The molecule has 1 aliphatic heterocycles. The molecule has 1 saturated heterocycles. The van der Waals surface area contributed by atoms with Gasteiger partial charge in [0.2, 0.25) is 0 Å². The van der Waals surface area contributed by atoms with E-state index in [2.05, 4.69) is 24.1 Å². The zero-order chi connectivity index (χ0) is 12.1. The highest BCUT2D eigenvalue weighted by atomic mass is 15.2. The molecule has 1 heterocycles. The van der Waals surface area contributed by atoms with Gasteiger partial charge >= 0.3 is 0 Å². The molecule has 0 radical (unpaired) electrons. The van der Waals surface area contributed by atoms with Gasteiger partial charge in [0.1, 0.15) is 0 Å². The molecular formula is C15H30N2. The summed E-state index contributed by atoms with van der Waals surface area (Å²) < 4.78 is 0. The molecule has 17 heavy (non-hydrogen) atoms. The highest BCUT2D eigenvalue weighted by molar-refractivity contribution is 4.88. The molecule has 1 N–H and O–H groups in total. The minimum Gasteiger partial charge on any atom is -0.313 e. The lowest BCUT2D eigenvalue weighted by atomic mass is 9.98. The molecule has 0 aromatic rings. The van der Waals surface area contributed by atoms with Crippen molar-refractivity contribution in [3.8, 4) is 0 Å². The van der Waals surface area contributed by atoms with Gasteiger partial charge in [0.15, 0.2) is 0 Å². The van der Waals surface area contributed by atoms with Gasteiger partial charge in [-0.3, -0.25) is 0 Å². The predicted octanol–water partition coefficient (Wildman–Crippen LogP) is 2.89. The Labute approximate surface area is 107 Å². The van der Waals surface area contributed by atoms with Gasteiger partial charge in [-0.05, 0) is 63.6 Å². The van der Waals surface area contributed by atoms with E-state index in [0.717, 1.165) is 24.4 Å². The summed E-state index contributed by atoms with van der Waals surface area (Å²) in [6.07, 6.45) is 8.61. The first-order chi connectivity index (χ1) is 8.33. The summed E-state index contributed by atoms with van der Waals surface area (Å²) in [6, 6.07) is 0.776. The summed E-state index contributed by atoms with van der Waals surface area (Å²) in [6.45, 7) is 9.71. The Morgan fingerprint density at radius 2 is 1.94 bits per heavy atom. The molecule has 2 rings (SSSR count). The lowest BCUT2D eigenvalue weighted by molar-refractivity contribution is 0.237. The Balaban J connectivity index is 1.76. The van der Waals surface area contributed by atoms with Crippen molar-refractivity contribution in [1.29, 1.82) is 0 Å². The van der Waals surface area contributed by atoms with Gasteiger partial charge in [-0.15, -0.1) is 0 Å². The molecule has 2 nitrogen and oxygen atoms in total. The van der Waals surface area contributed by atoms with Crippen LogP contribution in [0.5, 0.6) is 0 Å². The van der Waals surface area contributed by atoms with Crippen molar-refractivity contribution in [2.75, 3.05) is 26.2 Å². The molecule has 2 fully saturated rings. The fourth-order valence-electron chi connectivity index (χ4n) is 3.23. The van der Waals surface area contributed by atoms with Gasteiger partial charge in [-0.25, -0.2) is 0 Å². The molecule has 1 aliphatic carbocycles. The highest BCUT2D eigenvalue weighted by Gasteiger charge is 2.32. The molecule has 2 atom stereocenters. The van der Waals surface area contributed by atoms with Crippen LogP contribution in [0, 0.1) is 11.8 Å². The van der Waals surface area contributed by atoms with Gasteiger partial charge in [0.05, 0.1) is 0 Å². The number of hydrogen-bond donors (Lipinski definition) is 1. The lowest BCUT2D eigenvalue weighted by Gasteiger charge is -2.27. The van der Waals surface area contributed by atoms with Crippen LogP contribution in [-0.2, 0) is 0 Å². The topological polar surface area (TPSA) is 15.3 Å². The van der Waals surface area contributed by atoms with E-state index in [1.807, 2.05) is 0 Å². The second kappa shape index (κ2) is 6.75. The number of nitrogens with one attached hydrogen (secondary N) is 1. The van der Waals surface area contributed by atoms with Crippen LogP contribution >= 0.6 is 0 Å². The number of nitrogens with zero attached hydrogens (tertiary/aromatic N) is 1. The Hall–Kier alpha value is -0.0800. The standard InChI is InChI=1S/C15H30N2/c1-3-13-6-5-10-17(11-9-13)12-15(16-4-2)14-7-8-14/h13-16H,3-12H2,1-2H3. The van der Waals surface area contributed by atoms with Crippen molar-refractivity contribution in [3.63, 3.8) is 0 Å². The SMILES string of the molecule is CCNC(CN1CCCC(CC)CC1)C1CC1. The molecule has 0 bridgehead atoms. The second-order valence-electron chi connectivity index (χ2n) is 6.01. The third-order valence-electron chi connectivity index (χ3n) is 4.63. The monoisotopic (exact) mass is 238 g/mol. The summed E-state index contributed by atoms with van der Waals surface area (Å²) in [5.74, 6) is 1.98. The first-order valence-corrected chi connectivity index (χ1v) is 7.79. The third kappa shape index (κ3) is 4.26. The van der Waals surface area contributed by atoms with Gasteiger partial charge in [-0.2, -0.15) is 0 Å². The van der Waals surface area contributed by atoms with Gasteiger partial charge in [0, 0.05) is 12.6 Å². The lowest BCUT2D eigenvalue weighted by Crippen LogP contribution is -2.42. The Morgan fingerprint density at radius 3 is 2.59 bits per heavy atom. The van der Waals surface area contributed by atoms with Crippen LogP contribution in [0.25, 0.3) is 0 Å². The zero-order valence-corrected chi connectivity index (χ0v) is 11.8. The number of likely N-dealkylation sites (N-methyl/N-ethyl adjacent to an activating group) is 1. The minimum atomic E-state index is 0.776. The van der Waals surface area contributed by atoms with Crippen LogP contribution in [0.3, 0.4) is 0 Å². The first kappa shape index (κ1) is 13.4. The van der Waals surface area contributed by atoms with Crippen molar-refractivity contribution in [1.82, 2.24) is 10.2 Å². The summed E-state index contributed by atoms with van der Waals surface area (Å²) in [5, 5.41) is 3.70. The van der Waals surface area contributed by atoms with E-state index < -0.39 is 0 Å². The van der Waals surface area contributed by atoms with E-state index >= 15 is 0 Å². The Morgan fingerprint density at radius 1 is 1.12 bits per heavy atom. The molecule has 0 aromatic carbocycles. The van der Waals surface area contributed by atoms with Crippen molar-refractivity contribution in [3.05, 3.63) is 0 Å². The van der Waals surface area contributed by atoms with Crippen LogP contribution in [0.1, 0.15) is 52.4 Å². The summed E-state index contributed by atoms with van der Waals surface area (Å²) >= 11 is 0. The second-order valence-corrected chi connectivity index (χ2v) is 6.01. The molecule has 100 valence electrons. The Kier molecular flexibility index (Phi) is 5.30. The summed E-state index contributed by atoms with van der Waals surface area (Å²) in [4.78, 5) is 2.72. The van der Waals surface area contributed by atoms with E-state index in [1.165, 1.54) is 58.2 Å². The first-order valence-electron chi connectivity index (χ1n) is 7.79. The molecule has 2 unspecified atom stereocenters. The predicted molar refractivity (Wildman–Crippen MR) is 74.3 cm³/mol. The molecular weight excluding hydrogens is 208 g/mol. The van der Waals surface area contributed by atoms with E-state index in [9.17, 15) is 0 Å². The zero-order valence-electron chi connectivity index (χ0n) is 11.8. The van der Waals surface area contributed by atoms with Gasteiger partial charge < -0.3 is 10.2 Å². The molecule has 0 amide bonds. The number of rotatable bonds is 6. The molecule has 2 heteroatoms. The van der Waals surface area contributed by atoms with Crippen molar-refractivity contribution < 1.29 is 0 Å². The van der Waals surface area contributed by atoms with E-state index in [-0.39, 0.29) is 0 Å². The third-order valence-corrected chi connectivity index (χ3v) is 4.63. The quantitative estimate of drug-likeness (QED) is 0.765. The Bertz CT molecular complexity index is 213. The van der Waals surface area contributed by atoms with Crippen LogP contribution in [-0.4, -0.2) is 37.1 Å².